The Morgan fingerprint density at radius 1 is 1.00 bits per heavy atom. The van der Waals surface area contributed by atoms with Crippen molar-refractivity contribution in [3.05, 3.63) is 81.3 Å². The summed E-state index contributed by atoms with van der Waals surface area (Å²) in [5.74, 6) is 0.419. The zero-order valence-electron chi connectivity index (χ0n) is 18.1. The second-order valence-corrected chi connectivity index (χ2v) is 7.98. The van der Waals surface area contributed by atoms with Crippen LogP contribution in [-0.4, -0.2) is 15.5 Å². The van der Waals surface area contributed by atoms with E-state index in [0.717, 1.165) is 22.4 Å². The number of amides is 1. The molecule has 0 spiro atoms. The number of aromatic nitrogens is 2. The van der Waals surface area contributed by atoms with Gasteiger partial charge in [-0.2, -0.15) is 0 Å². The fourth-order valence-electron chi connectivity index (χ4n) is 3.36. The second kappa shape index (κ2) is 8.95. The molecule has 0 aliphatic heterocycles. The molecule has 6 heteroatoms. The minimum absolute atomic E-state index is 0.134. The van der Waals surface area contributed by atoms with E-state index in [1.54, 1.807) is 6.92 Å². The van der Waals surface area contributed by atoms with Crippen LogP contribution >= 0.6 is 0 Å². The van der Waals surface area contributed by atoms with Crippen LogP contribution in [0.25, 0.3) is 0 Å². The van der Waals surface area contributed by atoms with Gasteiger partial charge in [0.1, 0.15) is 6.54 Å². The number of carbonyl (C=O) groups is 1. The molecule has 0 saturated carbocycles. The molecule has 1 heterocycles. The van der Waals surface area contributed by atoms with Crippen molar-refractivity contribution in [2.45, 2.75) is 47.1 Å². The van der Waals surface area contributed by atoms with Crippen LogP contribution < -0.4 is 16.2 Å². The number of nitrogens with one attached hydrogen (secondary N) is 2. The highest BCUT2D eigenvalue weighted by molar-refractivity contribution is 5.90. The van der Waals surface area contributed by atoms with E-state index in [1.165, 1.54) is 10.6 Å². The van der Waals surface area contributed by atoms with Gasteiger partial charge in [-0.15, -0.1) is 0 Å². The summed E-state index contributed by atoms with van der Waals surface area (Å²) in [4.78, 5) is 29.8. The number of nitrogens with zero attached hydrogens (tertiary/aromatic N) is 2. The number of rotatable bonds is 6. The molecule has 2 N–H and O–H groups in total. The Balaban J connectivity index is 1.85. The summed E-state index contributed by atoms with van der Waals surface area (Å²) in [7, 11) is 0. The van der Waals surface area contributed by atoms with Crippen LogP contribution in [0, 0.1) is 20.8 Å². The Morgan fingerprint density at radius 3 is 2.37 bits per heavy atom. The molecule has 6 nitrogen and oxygen atoms in total. The molecule has 30 heavy (non-hydrogen) atoms. The van der Waals surface area contributed by atoms with Crippen LogP contribution in [0.15, 0.2) is 53.3 Å². The standard InChI is InChI=1S/C24H28N4O2/c1-15(2)19-7-6-8-20(13-19)26-22(29)14-28-23(30)12-18(5)25-24(28)27-21-10-16(3)9-17(4)11-21/h6-13,15H,14H2,1-5H3,(H,25,27)(H,26,29). The molecule has 0 aliphatic carbocycles. The van der Waals surface area contributed by atoms with Gasteiger partial charge in [-0.1, -0.05) is 32.0 Å². The van der Waals surface area contributed by atoms with Gasteiger partial charge in [0.25, 0.3) is 5.56 Å². The van der Waals surface area contributed by atoms with Crippen LogP contribution in [0.4, 0.5) is 17.3 Å². The van der Waals surface area contributed by atoms with Crippen molar-refractivity contribution in [3.63, 3.8) is 0 Å². The largest absolute Gasteiger partial charge is 0.325 e. The molecule has 0 atom stereocenters. The third kappa shape index (κ3) is 5.35. The first kappa shape index (κ1) is 21.3. The van der Waals surface area contributed by atoms with Crippen molar-refractivity contribution < 1.29 is 4.79 Å². The van der Waals surface area contributed by atoms with Crippen LogP contribution in [0.2, 0.25) is 0 Å². The van der Waals surface area contributed by atoms with E-state index in [2.05, 4.69) is 35.5 Å². The summed E-state index contributed by atoms with van der Waals surface area (Å²) in [6.45, 7) is 9.84. The van der Waals surface area contributed by atoms with E-state index in [9.17, 15) is 9.59 Å². The lowest BCUT2D eigenvalue weighted by Gasteiger charge is -2.15. The topological polar surface area (TPSA) is 76.0 Å². The molecule has 156 valence electrons. The summed E-state index contributed by atoms with van der Waals surface area (Å²) in [6, 6.07) is 15.2. The first-order valence-corrected chi connectivity index (χ1v) is 10.0. The zero-order valence-corrected chi connectivity index (χ0v) is 18.1. The lowest BCUT2D eigenvalue weighted by Crippen LogP contribution is -2.30. The van der Waals surface area contributed by atoms with Gasteiger partial charge in [-0.05, 0) is 67.6 Å². The Morgan fingerprint density at radius 2 is 1.70 bits per heavy atom. The molecular formula is C24H28N4O2. The van der Waals surface area contributed by atoms with Crippen LogP contribution in [-0.2, 0) is 11.3 Å². The summed E-state index contributed by atoms with van der Waals surface area (Å²) < 4.78 is 1.35. The maximum absolute atomic E-state index is 12.7. The molecule has 0 saturated heterocycles. The minimum atomic E-state index is -0.285. The Kier molecular flexibility index (Phi) is 6.35. The number of hydrogen-bond donors (Lipinski definition) is 2. The first-order valence-electron chi connectivity index (χ1n) is 10.0. The van der Waals surface area contributed by atoms with Crippen molar-refractivity contribution >= 4 is 23.2 Å². The molecule has 0 unspecified atom stereocenters. The Hall–Kier alpha value is -3.41. The van der Waals surface area contributed by atoms with Gasteiger partial charge >= 0.3 is 0 Å². The predicted octanol–water partition coefficient (Wildman–Crippen LogP) is 4.67. The molecule has 3 aromatic rings. The number of benzene rings is 2. The van der Waals surface area contributed by atoms with Crippen molar-refractivity contribution in [2.75, 3.05) is 10.6 Å². The monoisotopic (exact) mass is 404 g/mol. The molecule has 2 aromatic carbocycles. The number of carbonyl (C=O) groups excluding carboxylic acids is 1. The first-order chi connectivity index (χ1) is 14.2. The minimum Gasteiger partial charge on any atom is -0.325 e. The quantitative estimate of drug-likeness (QED) is 0.626. The van der Waals surface area contributed by atoms with Gasteiger partial charge in [0.2, 0.25) is 11.9 Å². The molecule has 0 aliphatic rings. The third-order valence-electron chi connectivity index (χ3n) is 4.75. The van der Waals surface area contributed by atoms with Gasteiger partial charge < -0.3 is 10.6 Å². The number of hydrogen-bond acceptors (Lipinski definition) is 4. The zero-order chi connectivity index (χ0) is 21.8. The summed E-state index contributed by atoms with van der Waals surface area (Å²) >= 11 is 0. The maximum Gasteiger partial charge on any atom is 0.255 e. The number of aryl methyl sites for hydroxylation is 3. The Bertz CT molecular complexity index is 1110. The second-order valence-electron chi connectivity index (χ2n) is 7.98. The Labute approximate surface area is 177 Å². The van der Waals surface area contributed by atoms with Crippen molar-refractivity contribution in [1.82, 2.24) is 9.55 Å². The summed E-state index contributed by atoms with van der Waals surface area (Å²) in [5, 5.41) is 6.08. The van der Waals surface area contributed by atoms with Gasteiger partial charge in [0, 0.05) is 23.1 Å². The van der Waals surface area contributed by atoms with E-state index in [1.807, 2.05) is 50.2 Å². The van der Waals surface area contributed by atoms with Crippen LogP contribution in [0.5, 0.6) is 0 Å². The van der Waals surface area contributed by atoms with Gasteiger partial charge in [-0.25, -0.2) is 4.98 Å². The molecule has 1 amide bonds. The normalized spacial score (nSPS) is 10.9. The molecular weight excluding hydrogens is 376 g/mol. The van der Waals surface area contributed by atoms with Crippen LogP contribution in [0.1, 0.15) is 42.1 Å². The fourth-order valence-corrected chi connectivity index (χ4v) is 3.36. The fraction of sp³-hybridized carbons (Fsp3) is 0.292. The average Bonchev–Trinajstić information content (AvgIpc) is 2.64. The SMILES string of the molecule is Cc1cc(C)cc(Nc2nc(C)cc(=O)n2CC(=O)Nc2cccc(C(C)C)c2)c1. The van der Waals surface area contributed by atoms with E-state index >= 15 is 0 Å². The predicted molar refractivity (Wildman–Crippen MR) is 122 cm³/mol. The average molecular weight is 405 g/mol. The molecule has 1 aromatic heterocycles. The van der Waals surface area contributed by atoms with Crippen molar-refractivity contribution in [3.8, 4) is 0 Å². The number of anilines is 3. The summed E-state index contributed by atoms with van der Waals surface area (Å²) in [6.07, 6.45) is 0. The van der Waals surface area contributed by atoms with E-state index in [-0.39, 0.29) is 18.0 Å². The molecule has 0 radical (unpaired) electrons. The van der Waals surface area contributed by atoms with Gasteiger partial charge in [-0.3, -0.25) is 14.2 Å². The van der Waals surface area contributed by atoms with E-state index < -0.39 is 0 Å². The van der Waals surface area contributed by atoms with E-state index in [0.29, 0.717) is 23.2 Å². The third-order valence-corrected chi connectivity index (χ3v) is 4.75. The lowest BCUT2D eigenvalue weighted by atomic mass is 10.0. The van der Waals surface area contributed by atoms with E-state index in [4.69, 9.17) is 0 Å². The summed E-state index contributed by atoms with van der Waals surface area (Å²) in [5.41, 5.74) is 5.18. The highest BCUT2D eigenvalue weighted by Crippen LogP contribution is 2.20. The van der Waals surface area contributed by atoms with Crippen LogP contribution in [0.3, 0.4) is 0 Å². The molecule has 0 bridgehead atoms. The molecule has 3 rings (SSSR count). The van der Waals surface area contributed by atoms with Crippen molar-refractivity contribution in [2.24, 2.45) is 0 Å². The smallest absolute Gasteiger partial charge is 0.255 e. The molecule has 0 fully saturated rings. The lowest BCUT2D eigenvalue weighted by molar-refractivity contribution is -0.116. The highest BCUT2D eigenvalue weighted by Gasteiger charge is 2.13. The highest BCUT2D eigenvalue weighted by atomic mass is 16.2. The van der Waals surface area contributed by atoms with Gasteiger partial charge in [0.05, 0.1) is 0 Å². The van der Waals surface area contributed by atoms with Gasteiger partial charge in [0.15, 0.2) is 0 Å². The van der Waals surface area contributed by atoms with Crippen molar-refractivity contribution in [1.29, 1.82) is 0 Å². The maximum atomic E-state index is 12.7.